The highest BCUT2D eigenvalue weighted by Crippen LogP contribution is 2.55. The minimum absolute atomic E-state index is 0.0426. The molecule has 1 aromatic carbocycles. The zero-order valence-electron chi connectivity index (χ0n) is 14.9. The summed E-state index contributed by atoms with van der Waals surface area (Å²) < 4.78 is 8.21. The molecule has 2 atom stereocenters. The standard InChI is InChI=1S/C17H18BN5O4/c1-22-9-15(20-21-22)12-7-13(12)16-14(17(24)27-2)8-19-23(16)11-5-3-4-10(6-11)18(25)26/h3-6,8-9,12-13,25-26H,7H2,1-2H3/t12-,13-/m1/s1. The van der Waals surface area contributed by atoms with Crippen LogP contribution >= 0.6 is 0 Å². The maximum atomic E-state index is 12.2. The van der Waals surface area contributed by atoms with Crippen LogP contribution in [0, 0.1) is 0 Å². The fourth-order valence-corrected chi connectivity index (χ4v) is 3.36. The molecule has 9 nitrogen and oxygen atoms in total. The lowest BCUT2D eigenvalue weighted by Gasteiger charge is -2.10. The Labute approximate surface area is 155 Å². The molecule has 0 spiro atoms. The van der Waals surface area contributed by atoms with E-state index < -0.39 is 13.1 Å². The summed E-state index contributed by atoms with van der Waals surface area (Å²) in [5.74, 6) is -0.274. The van der Waals surface area contributed by atoms with Gasteiger partial charge in [-0.1, -0.05) is 17.3 Å². The Balaban J connectivity index is 1.77. The predicted octanol–water partition coefficient (Wildman–Crippen LogP) is -0.262. The average molecular weight is 367 g/mol. The van der Waals surface area contributed by atoms with Crippen molar-refractivity contribution in [3.05, 3.63) is 53.6 Å². The van der Waals surface area contributed by atoms with Crippen molar-refractivity contribution in [3.63, 3.8) is 0 Å². The molecule has 10 heteroatoms. The third-order valence-corrected chi connectivity index (χ3v) is 4.77. The maximum absolute atomic E-state index is 12.2. The summed E-state index contributed by atoms with van der Waals surface area (Å²) in [6.45, 7) is 0. The Hall–Kier alpha value is -2.98. The Kier molecular flexibility index (Phi) is 4.29. The zero-order valence-corrected chi connectivity index (χ0v) is 14.9. The van der Waals surface area contributed by atoms with Gasteiger partial charge in [-0.15, -0.1) is 5.10 Å². The number of benzene rings is 1. The number of rotatable bonds is 5. The van der Waals surface area contributed by atoms with Crippen LogP contribution in [0.25, 0.3) is 5.69 Å². The van der Waals surface area contributed by atoms with Gasteiger partial charge in [-0.2, -0.15) is 5.10 Å². The second-order valence-electron chi connectivity index (χ2n) is 6.58. The molecule has 1 saturated carbocycles. The molecule has 4 rings (SSSR count). The second-order valence-corrected chi connectivity index (χ2v) is 6.58. The van der Waals surface area contributed by atoms with Gasteiger partial charge in [-0.05, 0) is 24.0 Å². The van der Waals surface area contributed by atoms with E-state index in [-0.39, 0.29) is 11.8 Å². The number of hydrogen-bond donors (Lipinski definition) is 2. The minimum atomic E-state index is -1.59. The third-order valence-electron chi connectivity index (χ3n) is 4.77. The van der Waals surface area contributed by atoms with Gasteiger partial charge in [0.05, 0.1) is 30.4 Å². The number of carbonyl (C=O) groups excluding carboxylic acids is 1. The number of nitrogens with zero attached hydrogens (tertiary/aromatic N) is 5. The first-order valence-corrected chi connectivity index (χ1v) is 8.48. The van der Waals surface area contributed by atoms with E-state index in [2.05, 4.69) is 15.4 Å². The van der Waals surface area contributed by atoms with E-state index >= 15 is 0 Å². The number of aryl methyl sites for hydroxylation is 1. The average Bonchev–Trinajstić information content (AvgIpc) is 3.12. The van der Waals surface area contributed by atoms with Gasteiger partial charge in [0.2, 0.25) is 0 Å². The normalized spacial score (nSPS) is 18.4. The monoisotopic (exact) mass is 367 g/mol. The molecular weight excluding hydrogens is 349 g/mol. The van der Waals surface area contributed by atoms with Crippen molar-refractivity contribution in [2.75, 3.05) is 7.11 Å². The van der Waals surface area contributed by atoms with Crippen LogP contribution < -0.4 is 5.46 Å². The molecular formula is C17H18BN5O4. The van der Waals surface area contributed by atoms with Crippen LogP contribution in [0.5, 0.6) is 0 Å². The van der Waals surface area contributed by atoms with Crippen molar-refractivity contribution in [3.8, 4) is 5.69 Å². The molecule has 0 unspecified atom stereocenters. The lowest BCUT2D eigenvalue weighted by atomic mass is 9.80. The van der Waals surface area contributed by atoms with E-state index in [4.69, 9.17) is 4.74 Å². The first kappa shape index (κ1) is 17.4. The number of methoxy groups -OCH3 is 1. The Morgan fingerprint density at radius 1 is 1.33 bits per heavy atom. The number of carbonyl (C=O) groups is 1. The highest BCUT2D eigenvalue weighted by molar-refractivity contribution is 6.58. The van der Waals surface area contributed by atoms with Gasteiger partial charge in [0, 0.05) is 25.1 Å². The van der Waals surface area contributed by atoms with Crippen molar-refractivity contribution in [1.82, 2.24) is 24.8 Å². The molecule has 0 aliphatic heterocycles. The highest BCUT2D eigenvalue weighted by Gasteiger charge is 2.46. The van der Waals surface area contributed by atoms with Crippen LogP contribution in [0.2, 0.25) is 0 Å². The van der Waals surface area contributed by atoms with Crippen LogP contribution in [0.3, 0.4) is 0 Å². The van der Waals surface area contributed by atoms with E-state index in [1.54, 1.807) is 33.6 Å². The maximum Gasteiger partial charge on any atom is 0.488 e. The molecule has 2 aromatic heterocycles. The van der Waals surface area contributed by atoms with Crippen molar-refractivity contribution in [2.45, 2.75) is 18.3 Å². The lowest BCUT2D eigenvalue weighted by molar-refractivity contribution is 0.0599. The van der Waals surface area contributed by atoms with Crippen LogP contribution in [-0.2, 0) is 11.8 Å². The Morgan fingerprint density at radius 3 is 2.81 bits per heavy atom. The largest absolute Gasteiger partial charge is 0.488 e. The summed E-state index contributed by atoms with van der Waals surface area (Å²) in [5, 5.41) is 31.4. The molecule has 3 aromatic rings. The van der Waals surface area contributed by atoms with Gasteiger partial charge >= 0.3 is 13.1 Å². The third kappa shape index (κ3) is 3.13. The predicted molar refractivity (Wildman–Crippen MR) is 95.8 cm³/mol. The molecule has 138 valence electrons. The zero-order chi connectivity index (χ0) is 19.1. The Bertz CT molecular complexity index is 999. The molecule has 1 fully saturated rings. The van der Waals surface area contributed by atoms with Gasteiger partial charge in [-0.3, -0.25) is 4.68 Å². The van der Waals surface area contributed by atoms with Crippen molar-refractivity contribution in [1.29, 1.82) is 0 Å². The summed E-state index contributed by atoms with van der Waals surface area (Å²) in [5.41, 5.74) is 2.96. The fraction of sp³-hybridized carbons (Fsp3) is 0.294. The quantitative estimate of drug-likeness (QED) is 0.472. The number of ether oxygens (including phenoxy) is 1. The van der Waals surface area contributed by atoms with Gasteiger partial charge in [-0.25, -0.2) is 9.48 Å². The molecule has 1 aliphatic carbocycles. The topological polar surface area (TPSA) is 115 Å². The molecule has 2 heterocycles. The summed E-state index contributed by atoms with van der Waals surface area (Å²) in [7, 11) is 1.56. The molecule has 0 bridgehead atoms. The van der Waals surface area contributed by atoms with Crippen molar-refractivity contribution >= 4 is 18.6 Å². The van der Waals surface area contributed by atoms with E-state index in [1.807, 2.05) is 13.2 Å². The van der Waals surface area contributed by atoms with Crippen LogP contribution in [0.4, 0.5) is 0 Å². The summed E-state index contributed by atoms with van der Waals surface area (Å²) in [6.07, 6.45) is 4.16. The van der Waals surface area contributed by atoms with Gasteiger partial charge in [0.15, 0.2) is 0 Å². The first-order chi connectivity index (χ1) is 13.0. The lowest BCUT2D eigenvalue weighted by Crippen LogP contribution is -2.30. The molecule has 0 amide bonds. The Morgan fingerprint density at radius 2 is 2.15 bits per heavy atom. The summed E-state index contributed by atoms with van der Waals surface area (Å²) in [6, 6.07) is 6.74. The SMILES string of the molecule is COC(=O)c1cnn(-c2cccc(B(O)O)c2)c1[C@@H]1C[C@H]1c1cn(C)nn1. The van der Waals surface area contributed by atoms with Gasteiger partial charge in [0.1, 0.15) is 5.56 Å². The highest BCUT2D eigenvalue weighted by atomic mass is 16.5. The number of esters is 1. The summed E-state index contributed by atoms with van der Waals surface area (Å²) in [4.78, 5) is 12.2. The van der Waals surface area contributed by atoms with Crippen LogP contribution in [-0.4, -0.2) is 55.0 Å². The van der Waals surface area contributed by atoms with Crippen LogP contribution in [0.1, 0.15) is 40.0 Å². The van der Waals surface area contributed by atoms with E-state index in [9.17, 15) is 14.8 Å². The molecule has 2 N–H and O–H groups in total. The van der Waals surface area contributed by atoms with E-state index in [0.29, 0.717) is 16.7 Å². The molecule has 0 saturated heterocycles. The van der Waals surface area contributed by atoms with Gasteiger partial charge < -0.3 is 14.8 Å². The van der Waals surface area contributed by atoms with Crippen molar-refractivity contribution < 1.29 is 19.6 Å². The first-order valence-electron chi connectivity index (χ1n) is 8.48. The van der Waals surface area contributed by atoms with Crippen molar-refractivity contribution in [2.24, 2.45) is 7.05 Å². The minimum Gasteiger partial charge on any atom is -0.465 e. The number of hydrogen-bond acceptors (Lipinski definition) is 7. The van der Waals surface area contributed by atoms with Gasteiger partial charge in [0.25, 0.3) is 0 Å². The van der Waals surface area contributed by atoms with E-state index in [0.717, 1.165) is 17.8 Å². The molecule has 27 heavy (non-hydrogen) atoms. The molecule has 0 radical (unpaired) electrons. The van der Waals surface area contributed by atoms with E-state index in [1.165, 1.54) is 13.3 Å². The smallest absolute Gasteiger partial charge is 0.465 e. The summed E-state index contributed by atoms with van der Waals surface area (Å²) >= 11 is 0. The van der Waals surface area contributed by atoms with Crippen LogP contribution in [0.15, 0.2) is 36.7 Å². The number of aromatic nitrogens is 5. The molecule has 1 aliphatic rings. The fourth-order valence-electron chi connectivity index (χ4n) is 3.36. The second kappa shape index (κ2) is 6.64.